The molecule has 2 rings (SSSR count). The Bertz CT molecular complexity index is 809. The van der Waals surface area contributed by atoms with Crippen molar-refractivity contribution in [3.05, 3.63) is 64.7 Å². The molecule has 2 aromatic carbocycles. The number of carboxylic acid groups (broad SMARTS) is 1. The van der Waals surface area contributed by atoms with Crippen molar-refractivity contribution in [2.45, 2.75) is 5.75 Å². The second-order valence-electron chi connectivity index (χ2n) is 5.80. The van der Waals surface area contributed by atoms with Gasteiger partial charge in [-0.25, -0.2) is 0 Å². The predicted octanol–water partition coefficient (Wildman–Crippen LogP) is 3.37. The van der Waals surface area contributed by atoms with E-state index in [-0.39, 0.29) is 18.4 Å². The summed E-state index contributed by atoms with van der Waals surface area (Å²) in [4.78, 5) is 35.8. The Morgan fingerprint density at radius 3 is 2.30 bits per heavy atom. The molecule has 0 heterocycles. The van der Waals surface area contributed by atoms with Crippen molar-refractivity contribution in [3.8, 4) is 0 Å². The molecular formula is C19H19ClN2O4S. The van der Waals surface area contributed by atoms with Crippen molar-refractivity contribution < 1.29 is 19.5 Å². The van der Waals surface area contributed by atoms with Gasteiger partial charge in [-0.2, -0.15) is 0 Å². The van der Waals surface area contributed by atoms with Crippen LogP contribution in [0.3, 0.4) is 0 Å². The Labute approximate surface area is 166 Å². The number of carbonyl (C=O) groups excluding carboxylic acids is 2. The molecule has 2 N–H and O–H groups in total. The van der Waals surface area contributed by atoms with Gasteiger partial charge < -0.3 is 15.3 Å². The van der Waals surface area contributed by atoms with Gasteiger partial charge in [0.1, 0.15) is 6.54 Å². The standard InChI is InChI=1S/C19H19ClN2O4S/c1-22(10-18(24)25)19(26)14-4-2-13(3-5-14)11-27-12-17(23)21-16-8-6-15(20)7-9-16/h2-9H,10-12H2,1H3,(H,21,23)(H,24,25). The van der Waals surface area contributed by atoms with E-state index in [4.69, 9.17) is 16.7 Å². The first kappa shape index (κ1) is 20.8. The van der Waals surface area contributed by atoms with Crippen molar-refractivity contribution in [1.29, 1.82) is 0 Å². The number of aliphatic carboxylic acids is 1. The highest BCUT2D eigenvalue weighted by atomic mass is 35.5. The highest BCUT2D eigenvalue weighted by molar-refractivity contribution is 7.99. The molecule has 0 saturated heterocycles. The fourth-order valence-electron chi connectivity index (χ4n) is 2.23. The first-order valence-electron chi connectivity index (χ1n) is 8.04. The maximum Gasteiger partial charge on any atom is 0.323 e. The van der Waals surface area contributed by atoms with Crippen LogP contribution in [0.25, 0.3) is 0 Å². The summed E-state index contributed by atoms with van der Waals surface area (Å²) in [5.41, 5.74) is 2.09. The first-order chi connectivity index (χ1) is 12.8. The van der Waals surface area contributed by atoms with Gasteiger partial charge in [0, 0.05) is 29.1 Å². The van der Waals surface area contributed by atoms with Gasteiger partial charge in [0.2, 0.25) is 5.91 Å². The van der Waals surface area contributed by atoms with Crippen LogP contribution in [0.1, 0.15) is 15.9 Å². The number of halogens is 1. The number of thioether (sulfide) groups is 1. The summed E-state index contributed by atoms with van der Waals surface area (Å²) in [5.74, 6) is -0.600. The summed E-state index contributed by atoms with van der Waals surface area (Å²) < 4.78 is 0. The summed E-state index contributed by atoms with van der Waals surface area (Å²) >= 11 is 7.26. The molecule has 0 aliphatic rings. The molecule has 2 aromatic rings. The van der Waals surface area contributed by atoms with Crippen molar-refractivity contribution >= 4 is 46.8 Å². The second kappa shape index (κ2) is 9.99. The van der Waals surface area contributed by atoms with Gasteiger partial charge >= 0.3 is 5.97 Å². The minimum atomic E-state index is -1.06. The minimum Gasteiger partial charge on any atom is -0.480 e. The minimum absolute atomic E-state index is 0.107. The van der Waals surface area contributed by atoms with Crippen LogP contribution in [0.15, 0.2) is 48.5 Å². The molecule has 0 saturated carbocycles. The molecule has 2 amide bonds. The zero-order valence-corrected chi connectivity index (χ0v) is 16.2. The Kier molecular flexibility index (Phi) is 7.69. The highest BCUT2D eigenvalue weighted by Crippen LogP contribution is 2.16. The maximum absolute atomic E-state index is 12.1. The molecule has 0 fully saturated rings. The molecule has 0 aliphatic carbocycles. The molecule has 0 spiro atoms. The van der Waals surface area contributed by atoms with Crippen molar-refractivity contribution in [1.82, 2.24) is 4.90 Å². The number of benzene rings is 2. The smallest absolute Gasteiger partial charge is 0.323 e. The van der Waals surface area contributed by atoms with Crippen LogP contribution in [0.4, 0.5) is 5.69 Å². The van der Waals surface area contributed by atoms with E-state index >= 15 is 0 Å². The molecule has 0 bridgehead atoms. The van der Waals surface area contributed by atoms with E-state index < -0.39 is 5.97 Å². The topological polar surface area (TPSA) is 86.7 Å². The summed E-state index contributed by atoms with van der Waals surface area (Å²) in [6.07, 6.45) is 0. The zero-order chi connectivity index (χ0) is 19.8. The number of likely N-dealkylation sites (N-methyl/N-ethyl adjacent to an activating group) is 1. The number of carbonyl (C=O) groups is 3. The van der Waals surface area contributed by atoms with Gasteiger partial charge in [-0.1, -0.05) is 23.7 Å². The fraction of sp³-hybridized carbons (Fsp3) is 0.211. The molecule has 8 heteroatoms. The molecule has 0 radical (unpaired) electrons. The number of carboxylic acids is 1. The van der Waals surface area contributed by atoms with Crippen LogP contribution < -0.4 is 5.32 Å². The van der Waals surface area contributed by atoms with E-state index in [2.05, 4.69) is 5.32 Å². The molecular weight excluding hydrogens is 388 g/mol. The van der Waals surface area contributed by atoms with Gasteiger partial charge in [0.05, 0.1) is 5.75 Å². The predicted molar refractivity (Wildman–Crippen MR) is 107 cm³/mol. The zero-order valence-electron chi connectivity index (χ0n) is 14.6. The molecule has 27 heavy (non-hydrogen) atoms. The van der Waals surface area contributed by atoms with Crippen LogP contribution in [-0.4, -0.2) is 47.1 Å². The van der Waals surface area contributed by atoms with Gasteiger partial charge in [0.25, 0.3) is 5.91 Å². The van der Waals surface area contributed by atoms with Gasteiger partial charge in [0.15, 0.2) is 0 Å². The number of anilines is 1. The van der Waals surface area contributed by atoms with E-state index in [1.807, 2.05) is 0 Å². The van der Waals surface area contributed by atoms with E-state index in [1.165, 1.54) is 18.8 Å². The molecule has 0 aromatic heterocycles. The molecule has 0 atom stereocenters. The molecule has 0 aliphatic heterocycles. The average Bonchev–Trinajstić information content (AvgIpc) is 2.63. The van der Waals surface area contributed by atoms with Crippen molar-refractivity contribution in [2.75, 3.05) is 24.7 Å². The summed E-state index contributed by atoms with van der Waals surface area (Å²) in [5, 5.41) is 12.1. The first-order valence-corrected chi connectivity index (χ1v) is 9.58. The van der Waals surface area contributed by atoms with E-state index in [0.717, 1.165) is 10.5 Å². The van der Waals surface area contributed by atoms with Crippen LogP contribution in [-0.2, 0) is 15.3 Å². The number of hydrogen-bond donors (Lipinski definition) is 2. The number of nitrogens with zero attached hydrogens (tertiary/aromatic N) is 1. The lowest BCUT2D eigenvalue weighted by Gasteiger charge is -2.14. The number of nitrogens with one attached hydrogen (secondary N) is 1. The Hall–Kier alpha value is -2.51. The lowest BCUT2D eigenvalue weighted by molar-refractivity contribution is -0.137. The van der Waals surface area contributed by atoms with E-state index in [0.29, 0.717) is 27.8 Å². The Morgan fingerprint density at radius 2 is 1.70 bits per heavy atom. The average molecular weight is 407 g/mol. The third-order valence-corrected chi connectivity index (χ3v) is 4.81. The fourth-order valence-corrected chi connectivity index (χ4v) is 3.14. The number of hydrogen-bond acceptors (Lipinski definition) is 4. The molecule has 6 nitrogen and oxygen atoms in total. The largest absolute Gasteiger partial charge is 0.480 e. The quantitative estimate of drug-likeness (QED) is 0.701. The summed E-state index contributed by atoms with van der Waals surface area (Å²) in [7, 11) is 1.44. The van der Waals surface area contributed by atoms with Crippen LogP contribution >= 0.6 is 23.4 Å². The van der Waals surface area contributed by atoms with Gasteiger partial charge in [-0.15, -0.1) is 11.8 Å². The monoisotopic (exact) mass is 406 g/mol. The lowest BCUT2D eigenvalue weighted by Crippen LogP contribution is -2.31. The Balaban J connectivity index is 1.79. The van der Waals surface area contributed by atoms with E-state index in [1.54, 1.807) is 48.5 Å². The van der Waals surface area contributed by atoms with E-state index in [9.17, 15) is 14.4 Å². The normalized spacial score (nSPS) is 10.3. The maximum atomic E-state index is 12.1. The number of rotatable bonds is 8. The van der Waals surface area contributed by atoms with Crippen LogP contribution in [0.5, 0.6) is 0 Å². The third kappa shape index (κ3) is 6.96. The molecule has 0 unspecified atom stereocenters. The highest BCUT2D eigenvalue weighted by Gasteiger charge is 2.14. The molecule has 142 valence electrons. The van der Waals surface area contributed by atoms with Crippen LogP contribution in [0, 0.1) is 0 Å². The lowest BCUT2D eigenvalue weighted by atomic mass is 10.1. The van der Waals surface area contributed by atoms with Crippen molar-refractivity contribution in [3.63, 3.8) is 0 Å². The van der Waals surface area contributed by atoms with Crippen LogP contribution in [0.2, 0.25) is 5.02 Å². The Morgan fingerprint density at radius 1 is 1.07 bits per heavy atom. The van der Waals surface area contributed by atoms with Gasteiger partial charge in [-0.05, 0) is 42.0 Å². The summed E-state index contributed by atoms with van der Waals surface area (Å²) in [6.45, 7) is -0.348. The third-order valence-electron chi connectivity index (χ3n) is 3.55. The number of amides is 2. The second-order valence-corrected chi connectivity index (χ2v) is 7.22. The SMILES string of the molecule is CN(CC(=O)O)C(=O)c1ccc(CSCC(=O)Nc2ccc(Cl)cc2)cc1. The van der Waals surface area contributed by atoms with Crippen molar-refractivity contribution in [2.24, 2.45) is 0 Å². The van der Waals surface area contributed by atoms with Gasteiger partial charge in [-0.3, -0.25) is 14.4 Å². The summed E-state index contributed by atoms with van der Waals surface area (Å²) in [6, 6.07) is 13.8.